The molecule has 7 nitrogen and oxygen atoms in total. The van der Waals surface area contributed by atoms with Crippen LogP contribution >= 0.6 is 0 Å². The first-order valence-electron chi connectivity index (χ1n) is 5.89. The number of amides is 2. The fourth-order valence-electron chi connectivity index (χ4n) is 1.40. The van der Waals surface area contributed by atoms with Gasteiger partial charge in [-0.3, -0.25) is 4.79 Å². The van der Waals surface area contributed by atoms with Gasteiger partial charge in [0.25, 0.3) is 0 Å². The zero-order valence-electron chi connectivity index (χ0n) is 10.6. The molecule has 0 aromatic rings. The minimum Gasteiger partial charge on any atom is -0.481 e. The monoisotopic (exact) mass is 260 g/mol. The van der Waals surface area contributed by atoms with Gasteiger partial charge in [-0.2, -0.15) is 0 Å². The van der Waals surface area contributed by atoms with Crippen molar-refractivity contribution in [3.05, 3.63) is 0 Å². The number of rotatable bonds is 8. The molecule has 0 unspecified atom stereocenters. The Labute approximate surface area is 106 Å². The van der Waals surface area contributed by atoms with E-state index in [2.05, 4.69) is 10.6 Å². The minimum absolute atomic E-state index is 0.332. The number of carboxylic acids is 2. The Hall–Kier alpha value is -1.79. The Kier molecular flexibility index (Phi) is 7.50. The number of aliphatic carboxylic acids is 2. The highest BCUT2D eigenvalue weighted by Gasteiger charge is 2.22. The molecule has 0 aromatic carbocycles. The molecule has 0 rings (SSSR count). The van der Waals surface area contributed by atoms with Crippen LogP contribution in [0.2, 0.25) is 0 Å². The minimum atomic E-state index is -1.41. The quantitative estimate of drug-likeness (QED) is 0.511. The van der Waals surface area contributed by atoms with Crippen LogP contribution in [0.25, 0.3) is 0 Å². The van der Waals surface area contributed by atoms with Crippen molar-refractivity contribution in [1.82, 2.24) is 10.6 Å². The summed E-state index contributed by atoms with van der Waals surface area (Å²) in [6.07, 6.45) is 1.18. The van der Waals surface area contributed by atoms with Crippen molar-refractivity contribution in [3.8, 4) is 0 Å². The van der Waals surface area contributed by atoms with Crippen LogP contribution < -0.4 is 10.6 Å². The van der Waals surface area contributed by atoms with Gasteiger partial charge >= 0.3 is 18.0 Å². The Morgan fingerprint density at radius 3 is 2.06 bits per heavy atom. The highest BCUT2D eigenvalue weighted by Crippen LogP contribution is 2.04. The van der Waals surface area contributed by atoms with Gasteiger partial charge in [-0.25, -0.2) is 9.59 Å². The molecule has 0 heterocycles. The molecule has 0 aromatic heterocycles. The fraction of sp³-hybridized carbons (Fsp3) is 0.727. The zero-order valence-corrected chi connectivity index (χ0v) is 10.6. The van der Waals surface area contributed by atoms with Crippen LogP contribution in [-0.4, -0.2) is 40.8 Å². The van der Waals surface area contributed by atoms with Gasteiger partial charge < -0.3 is 20.8 Å². The van der Waals surface area contributed by atoms with Gasteiger partial charge in [-0.05, 0) is 5.92 Å². The summed E-state index contributed by atoms with van der Waals surface area (Å²) >= 11 is 0. The van der Waals surface area contributed by atoms with Crippen molar-refractivity contribution >= 4 is 18.0 Å². The molecule has 0 fully saturated rings. The molecule has 0 aliphatic carbocycles. The average molecular weight is 260 g/mol. The summed E-state index contributed by atoms with van der Waals surface area (Å²) in [6, 6.07) is -2.07. The molecule has 0 aliphatic heterocycles. The maximum atomic E-state index is 11.4. The maximum absolute atomic E-state index is 11.4. The number of nitrogens with one attached hydrogen (secondary N) is 2. The molecule has 104 valence electrons. The number of carboxylic acid groups (broad SMARTS) is 2. The van der Waals surface area contributed by atoms with Gasteiger partial charge in [0.2, 0.25) is 0 Å². The third kappa shape index (κ3) is 6.72. The summed E-state index contributed by atoms with van der Waals surface area (Å²) in [7, 11) is 0. The van der Waals surface area contributed by atoms with Crippen molar-refractivity contribution in [2.45, 2.75) is 39.2 Å². The second-order valence-corrected chi connectivity index (χ2v) is 4.03. The van der Waals surface area contributed by atoms with Gasteiger partial charge in [0.15, 0.2) is 0 Å². The van der Waals surface area contributed by atoms with Crippen molar-refractivity contribution in [1.29, 1.82) is 0 Å². The van der Waals surface area contributed by atoms with Crippen LogP contribution in [0.3, 0.4) is 0 Å². The first-order valence-corrected chi connectivity index (χ1v) is 5.89. The number of urea groups is 1. The van der Waals surface area contributed by atoms with Crippen LogP contribution in [0.5, 0.6) is 0 Å². The van der Waals surface area contributed by atoms with E-state index in [1.165, 1.54) is 0 Å². The largest absolute Gasteiger partial charge is 0.481 e. The van der Waals surface area contributed by atoms with Gasteiger partial charge in [0, 0.05) is 6.54 Å². The third-order valence-corrected chi connectivity index (χ3v) is 2.69. The Morgan fingerprint density at radius 1 is 1.11 bits per heavy atom. The molecule has 4 N–H and O–H groups in total. The first kappa shape index (κ1) is 16.2. The Morgan fingerprint density at radius 2 is 1.67 bits per heavy atom. The first-order chi connectivity index (χ1) is 8.40. The molecule has 18 heavy (non-hydrogen) atoms. The molecule has 0 bridgehead atoms. The number of carbonyl (C=O) groups is 3. The molecular weight excluding hydrogens is 240 g/mol. The molecule has 0 spiro atoms. The Balaban J connectivity index is 4.17. The lowest BCUT2D eigenvalue weighted by Crippen LogP contribution is -2.47. The van der Waals surface area contributed by atoms with E-state index in [0.717, 1.165) is 12.8 Å². The molecular formula is C11H20N2O5. The molecule has 0 radical (unpaired) electrons. The lowest BCUT2D eigenvalue weighted by Gasteiger charge is -2.16. The smallest absolute Gasteiger partial charge is 0.326 e. The molecule has 2 amide bonds. The summed E-state index contributed by atoms with van der Waals surface area (Å²) < 4.78 is 0. The summed E-state index contributed by atoms with van der Waals surface area (Å²) in [5.41, 5.74) is 0. The lowest BCUT2D eigenvalue weighted by atomic mass is 10.0. The van der Waals surface area contributed by atoms with Gasteiger partial charge in [0.05, 0.1) is 6.42 Å². The zero-order chi connectivity index (χ0) is 14.1. The van der Waals surface area contributed by atoms with Gasteiger partial charge in [0.1, 0.15) is 6.04 Å². The van der Waals surface area contributed by atoms with E-state index < -0.39 is 30.4 Å². The standard InChI is InChI=1S/C11H20N2O5/c1-3-7(4-2)6-12-11(18)13-8(10(16)17)5-9(14)15/h7-8H,3-6H2,1-2H3,(H,14,15)(H,16,17)(H2,12,13,18)/t8-/m1/s1. The second kappa shape index (κ2) is 8.32. The molecule has 7 heteroatoms. The summed E-state index contributed by atoms with van der Waals surface area (Å²) in [4.78, 5) is 32.5. The van der Waals surface area contributed by atoms with Crippen LogP contribution in [0.15, 0.2) is 0 Å². The number of hydrogen-bond donors (Lipinski definition) is 4. The van der Waals surface area contributed by atoms with Crippen molar-refractivity contribution in [2.75, 3.05) is 6.54 Å². The van der Waals surface area contributed by atoms with Crippen molar-refractivity contribution in [2.24, 2.45) is 5.92 Å². The third-order valence-electron chi connectivity index (χ3n) is 2.69. The van der Waals surface area contributed by atoms with E-state index in [9.17, 15) is 14.4 Å². The van der Waals surface area contributed by atoms with E-state index in [1.807, 2.05) is 13.8 Å². The van der Waals surface area contributed by atoms with Gasteiger partial charge in [-0.15, -0.1) is 0 Å². The molecule has 0 saturated carbocycles. The molecule has 0 aliphatic rings. The maximum Gasteiger partial charge on any atom is 0.326 e. The van der Waals surface area contributed by atoms with Crippen molar-refractivity contribution < 1.29 is 24.6 Å². The van der Waals surface area contributed by atoms with E-state index in [1.54, 1.807) is 0 Å². The fourth-order valence-corrected chi connectivity index (χ4v) is 1.40. The summed E-state index contributed by atoms with van der Waals surface area (Å²) in [5.74, 6) is -2.31. The summed E-state index contributed by atoms with van der Waals surface area (Å²) in [5, 5.41) is 21.9. The highest BCUT2D eigenvalue weighted by molar-refractivity contribution is 5.86. The summed E-state index contributed by atoms with van der Waals surface area (Å²) in [6.45, 7) is 4.44. The molecule has 1 atom stereocenters. The lowest BCUT2D eigenvalue weighted by molar-refractivity contribution is -0.145. The average Bonchev–Trinajstić information content (AvgIpc) is 2.28. The van der Waals surface area contributed by atoms with Crippen LogP contribution in [0.1, 0.15) is 33.1 Å². The van der Waals surface area contributed by atoms with E-state index in [4.69, 9.17) is 10.2 Å². The van der Waals surface area contributed by atoms with Crippen LogP contribution in [0.4, 0.5) is 4.79 Å². The van der Waals surface area contributed by atoms with Crippen LogP contribution in [0, 0.1) is 5.92 Å². The number of carbonyl (C=O) groups excluding carboxylic acids is 1. The normalized spacial score (nSPS) is 11.9. The topological polar surface area (TPSA) is 116 Å². The van der Waals surface area contributed by atoms with E-state index in [0.29, 0.717) is 12.5 Å². The highest BCUT2D eigenvalue weighted by atomic mass is 16.4. The van der Waals surface area contributed by atoms with Gasteiger partial charge in [-0.1, -0.05) is 26.7 Å². The van der Waals surface area contributed by atoms with E-state index >= 15 is 0 Å². The predicted molar refractivity (Wildman–Crippen MR) is 64.3 cm³/mol. The number of hydrogen-bond acceptors (Lipinski definition) is 3. The SMILES string of the molecule is CCC(CC)CNC(=O)N[C@H](CC(=O)O)C(=O)O. The van der Waals surface area contributed by atoms with Crippen LogP contribution in [-0.2, 0) is 9.59 Å². The predicted octanol–water partition coefficient (Wildman–Crippen LogP) is 0.650. The van der Waals surface area contributed by atoms with E-state index in [-0.39, 0.29) is 0 Å². The molecule has 0 saturated heterocycles. The Bertz CT molecular complexity index is 302. The van der Waals surface area contributed by atoms with Crippen molar-refractivity contribution in [3.63, 3.8) is 0 Å². The second-order valence-electron chi connectivity index (χ2n) is 4.03.